The third kappa shape index (κ3) is 2.45. The molecule has 128 valence electrons. The van der Waals surface area contributed by atoms with Crippen molar-refractivity contribution >= 4 is 0 Å². The fourth-order valence-electron chi connectivity index (χ4n) is 3.13. The highest BCUT2D eigenvalue weighted by atomic mass is 16.5. The van der Waals surface area contributed by atoms with Gasteiger partial charge >= 0.3 is 0 Å². The monoisotopic (exact) mass is 345 g/mol. The van der Waals surface area contributed by atoms with E-state index in [-0.39, 0.29) is 5.88 Å². The third-order valence-electron chi connectivity index (χ3n) is 4.34. The van der Waals surface area contributed by atoms with Crippen molar-refractivity contribution in [3.63, 3.8) is 0 Å². The Kier molecular flexibility index (Phi) is 3.78. The SMILES string of the molecule is COc1cccc(-c2[nH]nc3c2C(c2ccncc2)C(C#N)=C(N)O3)c1. The first-order chi connectivity index (χ1) is 12.7. The lowest BCUT2D eigenvalue weighted by Gasteiger charge is -2.24. The van der Waals surface area contributed by atoms with E-state index in [0.29, 0.717) is 11.5 Å². The molecule has 0 bridgehead atoms. The van der Waals surface area contributed by atoms with Crippen LogP contribution in [0.2, 0.25) is 0 Å². The Hall–Kier alpha value is -3.79. The predicted molar refractivity (Wildman–Crippen MR) is 94.1 cm³/mol. The molecule has 0 amide bonds. The average Bonchev–Trinajstić information content (AvgIpc) is 3.10. The van der Waals surface area contributed by atoms with Crippen LogP contribution in [-0.4, -0.2) is 22.3 Å². The maximum absolute atomic E-state index is 9.67. The van der Waals surface area contributed by atoms with Gasteiger partial charge in [0.1, 0.15) is 17.4 Å². The Morgan fingerprint density at radius 3 is 2.81 bits per heavy atom. The second-order valence-electron chi connectivity index (χ2n) is 5.75. The molecule has 0 saturated carbocycles. The lowest BCUT2D eigenvalue weighted by molar-refractivity contribution is 0.379. The van der Waals surface area contributed by atoms with Crippen molar-refractivity contribution in [1.82, 2.24) is 15.2 Å². The average molecular weight is 345 g/mol. The van der Waals surface area contributed by atoms with Crippen molar-refractivity contribution in [3.8, 4) is 29.0 Å². The van der Waals surface area contributed by atoms with Gasteiger partial charge in [-0.05, 0) is 29.8 Å². The molecule has 7 heteroatoms. The summed E-state index contributed by atoms with van der Waals surface area (Å²) in [5.74, 6) is 0.747. The van der Waals surface area contributed by atoms with Gasteiger partial charge in [0.05, 0.1) is 24.3 Å². The highest BCUT2D eigenvalue weighted by Crippen LogP contribution is 2.45. The number of allylic oxidation sites excluding steroid dienone is 1. The minimum atomic E-state index is -0.397. The van der Waals surface area contributed by atoms with Crippen molar-refractivity contribution < 1.29 is 9.47 Å². The number of methoxy groups -OCH3 is 1. The van der Waals surface area contributed by atoms with Gasteiger partial charge in [-0.2, -0.15) is 5.26 Å². The number of benzene rings is 1. The van der Waals surface area contributed by atoms with Crippen LogP contribution >= 0.6 is 0 Å². The molecule has 0 spiro atoms. The molecule has 1 aliphatic rings. The molecule has 1 atom stereocenters. The zero-order valence-electron chi connectivity index (χ0n) is 13.9. The smallest absolute Gasteiger partial charge is 0.244 e. The molecule has 3 aromatic rings. The molecule has 3 heterocycles. The van der Waals surface area contributed by atoms with Crippen LogP contribution in [0.15, 0.2) is 60.2 Å². The Morgan fingerprint density at radius 1 is 1.27 bits per heavy atom. The van der Waals surface area contributed by atoms with Gasteiger partial charge in [-0.1, -0.05) is 12.1 Å². The molecule has 1 unspecified atom stereocenters. The van der Waals surface area contributed by atoms with E-state index in [4.69, 9.17) is 15.2 Å². The van der Waals surface area contributed by atoms with Crippen molar-refractivity contribution in [2.75, 3.05) is 7.11 Å². The van der Waals surface area contributed by atoms with Gasteiger partial charge in [-0.25, -0.2) is 0 Å². The van der Waals surface area contributed by atoms with Crippen molar-refractivity contribution in [2.45, 2.75) is 5.92 Å². The van der Waals surface area contributed by atoms with Gasteiger partial charge in [0.2, 0.25) is 11.8 Å². The number of nitriles is 1. The molecule has 7 nitrogen and oxygen atoms in total. The van der Waals surface area contributed by atoms with Crippen molar-refractivity contribution in [3.05, 3.63) is 71.4 Å². The Morgan fingerprint density at radius 2 is 2.08 bits per heavy atom. The van der Waals surface area contributed by atoms with Gasteiger partial charge in [0.25, 0.3) is 0 Å². The molecule has 0 aliphatic carbocycles. The second-order valence-corrected chi connectivity index (χ2v) is 5.75. The molecule has 0 radical (unpaired) electrons. The summed E-state index contributed by atoms with van der Waals surface area (Å²) in [5.41, 5.74) is 9.58. The Labute approximate surface area is 149 Å². The van der Waals surface area contributed by atoms with E-state index in [0.717, 1.165) is 28.1 Å². The van der Waals surface area contributed by atoms with E-state index in [1.807, 2.05) is 36.4 Å². The number of nitrogens with one attached hydrogen (secondary N) is 1. The fourth-order valence-corrected chi connectivity index (χ4v) is 3.13. The van der Waals surface area contributed by atoms with Crippen molar-refractivity contribution in [2.24, 2.45) is 5.73 Å². The molecule has 26 heavy (non-hydrogen) atoms. The van der Waals surface area contributed by atoms with Crippen LogP contribution in [0.3, 0.4) is 0 Å². The maximum Gasteiger partial charge on any atom is 0.244 e. The first-order valence-electron chi connectivity index (χ1n) is 7.93. The maximum atomic E-state index is 9.67. The number of ether oxygens (including phenoxy) is 2. The summed E-state index contributed by atoms with van der Waals surface area (Å²) in [5, 5.41) is 16.9. The van der Waals surface area contributed by atoms with E-state index in [2.05, 4.69) is 21.3 Å². The summed E-state index contributed by atoms with van der Waals surface area (Å²) in [7, 11) is 1.61. The van der Waals surface area contributed by atoms with E-state index in [1.54, 1.807) is 19.5 Å². The quantitative estimate of drug-likeness (QED) is 0.755. The summed E-state index contributed by atoms with van der Waals surface area (Å²) < 4.78 is 10.9. The number of pyridine rings is 1. The zero-order valence-corrected chi connectivity index (χ0v) is 13.9. The van der Waals surface area contributed by atoms with E-state index >= 15 is 0 Å². The first-order valence-corrected chi connectivity index (χ1v) is 7.93. The van der Waals surface area contributed by atoms with Crippen LogP contribution < -0.4 is 15.2 Å². The number of fused-ring (bicyclic) bond motifs is 1. The van der Waals surface area contributed by atoms with Crippen LogP contribution in [0.4, 0.5) is 0 Å². The molecule has 0 fully saturated rings. The number of hydrogen-bond donors (Lipinski definition) is 2. The Bertz CT molecular complexity index is 1030. The lowest BCUT2D eigenvalue weighted by atomic mass is 9.83. The van der Waals surface area contributed by atoms with Crippen LogP contribution in [0.1, 0.15) is 17.0 Å². The van der Waals surface area contributed by atoms with Crippen LogP contribution in [0, 0.1) is 11.3 Å². The minimum Gasteiger partial charge on any atom is -0.497 e. The summed E-state index contributed by atoms with van der Waals surface area (Å²) >= 11 is 0. The van der Waals surface area contributed by atoms with Gasteiger partial charge in [-0.15, -0.1) is 5.10 Å². The summed E-state index contributed by atoms with van der Waals surface area (Å²) in [6.45, 7) is 0. The highest BCUT2D eigenvalue weighted by Gasteiger charge is 2.35. The van der Waals surface area contributed by atoms with Gasteiger partial charge in [-0.3, -0.25) is 10.1 Å². The number of nitrogens with zero attached hydrogens (tertiary/aromatic N) is 3. The summed E-state index contributed by atoms with van der Waals surface area (Å²) in [4.78, 5) is 4.06. The van der Waals surface area contributed by atoms with Gasteiger partial charge < -0.3 is 15.2 Å². The van der Waals surface area contributed by atoms with Crippen LogP contribution in [-0.2, 0) is 0 Å². The number of nitrogens with two attached hydrogens (primary N) is 1. The molecule has 3 N–H and O–H groups in total. The number of aromatic amines is 1. The van der Waals surface area contributed by atoms with E-state index < -0.39 is 5.92 Å². The predicted octanol–water partition coefficient (Wildman–Crippen LogP) is 2.70. The molecular formula is C19H15N5O2. The van der Waals surface area contributed by atoms with Gasteiger partial charge in [0.15, 0.2) is 0 Å². The molecular weight excluding hydrogens is 330 g/mol. The second kappa shape index (κ2) is 6.26. The van der Waals surface area contributed by atoms with E-state index in [1.165, 1.54) is 0 Å². The van der Waals surface area contributed by atoms with Crippen LogP contribution in [0.25, 0.3) is 11.3 Å². The number of H-pyrrole nitrogens is 1. The van der Waals surface area contributed by atoms with E-state index in [9.17, 15) is 5.26 Å². The zero-order chi connectivity index (χ0) is 18.1. The summed E-state index contributed by atoms with van der Waals surface area (Å²) in [6.07, 6.45) is 3.36. The highest BCUT2D eigenvalue weighted by molar-refractivity contribution is 5.71. The number of rotatable bonds is 3. The third-order valence-corrected chi connectivity index (χ3v) is 4.34. The topological polar surface area (TPSA) is 110 Å². The number of hydrogen-bond acceptors (Lipinski definition) is 6. The number of aromatic nitrogens is 3. The van der Waals surface area contributed by atoms with Gasteiger partial charge in [0, 0.05) is 18.0 Å². The first kappa shape index (κ1) is 15.7. The van der Waals surface area contributed by atoms with Crippen molar-refractivity contribution in [1.29, 1.82) is 5.26 Å². The lowest BCUT2D eigenvalue weighted by Crippen LogP contribution is -2.21. The molecule has 1 aliphatic heterocycles. The summed E-state index contributed by atoms with van der Waals surface area (Å²) in [6, 6.07) is 13.5. The minimum absolute atomic E-state index is 0.0607. The normalized spacial score (nSPS) is 15.8. The molecule has 4 rings (SSSR count). The largest absolute Gasteiger partial charge is 0.497 e. The fraction of sp³-hybridized carbons (Fsp3) is 0.105. The standard InChI is InChI=1S/C19H15N5O2/c1-25-13-4-2-3-12(9-13)17-16-15(11-5-7-22-8-6-11)14(10-20)18(21)26-19(16)24-23-17/h2-9,15H,21H2,1H3,(H,23,24). The molecule has 1 aromatic carbocycles. The Balaban J connectivity index is 1.94. The molecule has 0 saturated heterocycles. The molecule has 2 aromatic heterocycles. The van der Waals surface area contributed by atoms with Crippen LogP contribution in [0.5, 0.6) is 11.6 Å².